The van der Waals surface area contributed by atoms with Crippen molar-refractivity contribution in [1.29, 1.82) is 0 Å². The van der Waals surface area contributed by atoms with Crippen molar-refractivity contribution in [2.24, 2.45) is 5.11 Å². The Bertz CT molecular complexity index is 341. The first-order chi connectivity index (χ1) is 6.92. The highest BCUT2D eigenvalue weighted by atomic mass is 15.2. The maximum atomic E-state index is 8.45. The van der Waals surface area contributed by atoms with Crippen LogP contribution in [0.5, 0.6) is 0 Å². The van der Waals surface area contributed by atoms with Gasteiger partial charge in [0.2, 0.25) is 0 Å². The van der Waals surface area contributed by atoms with E-state index in [0.29, 0.717) is 5.92 Å². The van der Waals surface area contributed by atoms with Crippen LogP contribution in [0.1, 0.15) is 30.7 Å². The average Bonchev–Trinajstić information content (AvgIpc) is 2.68. The SMILES string of the molecule is [N-]=[N+]=N[C@H]1CCC[C@H]1c1ccccc1. The molecule has 0 saturated heterocycles. The predicted molar refractivity (Wildman–Crippen MR) is 56.0 cm³/mol. The molecule has 0 N–H and O–H groups in total. The highest BCUT2D eigenvalue weighted by Gasteiger charge is 2.27. The Morgan fingerprint density at radius 3 is 2.71 bits per heavy atom. The molecule has 3 heteroatoms. The first-order valence-electron chi connectivity index (χ1n) is 5.01. The number of rotatable bonds is 2. The molecule has 0 aliphatic heterocycles. The molecule has 2 rings (SSSR count). The van der Waals surface area contributed by atoms with Crippen molar-refractivity contribution in [1.82, 2.24) is 0 Å². The van der Waals surface area contributed by atoms with Gasteiger partial charge >= 0.3 is 0 Å². The molecule has 1 saturated carbocycles. The van der Waals surface area contributed by atoms with Crippen LogP contribution < -0.4 is 0 Å². The molecule has 0 amide bonds. The standard InChI is InChI=1S/C11H13N3/c12-14-13-11-8-4-7-10(11)9-5-2-1-3-6-9/h1-3,5-6,10-11H,4,7-8H2/t10-,11-/m0/s1. The molecule has 1 aliphatic rings. The first-order valence-corrected chi connectivity index (χ1v) is 5.01. The van der Waals surface area contributed by atoms with Crippen LogP contribution >= 0.6 is 0 Å². The molecule has 1 aromatic rings. The van der Waals surface area contributed by atoms with E-state index < -0.39 is 0 Å². The zero-order chi connectivity index (χ0) is 9.80. The fourth-order valence-electron chi connectivity index (χ4n) is 2.23. The van der Waals surface area contributed by atoms with E-state index in [-0.39, 0.29) is 6.04 Å². The summed E-state index contributed by atoms with van der Waals surface area (Å²) in [6.45, 7) is 0. The third kappa shape index (κ3) is 1.73. The Morgan fingerprint density at radius 1 is 1.21 bits per heavy atom. The van der Waals surface area contributed by atoms with Gasteiger partial charge in [-0.05, 0) is 29.9 Å². The summed E-state index contributed by atoms with van der Waals surface area (Å²) in [5, 5.41) is 3.86. The summed E-state index contributed by atoms with van der Waals surface area (Å²) >= 11 is 0. The molecule has 0 bridgehead atoms. The lowest BCUT2D eigenvalue weighted by atomic mass is 9.95. The molecule has 0 spiro atoms. The average molecular weight is 187 g/mol. The zero-order valence-electron chi connectivity index (χ0n) is 8.00. The molecule has 1 fully saturated rings. The Morgan fingerprint density at radius 2 is 2.00 bits per heavy atom. The van der Waals surface area contributed by atoms with Gasteiger partial charge in [0.1, 0.15) is 0 Å². The van der Waals surface area contributed by atoms with Crippen molar-refractivity contribution < 1.29 is 0 Å². The zero-order valence-corrected chi connectivity index (χ0v) is 8.00. The largest absolute Gasteiger partial charge is 0.0900 e. The normalized spacial score (nSPS) is 25.7. The van der Waals surface area contributed by atoms with Crippen LogP contribution in [-0.4, -0.2) is 6.04 Å². The van der Waals surface area contributed by atoms with Gasteiger partial charge in [0, 0.05) is 11.0 Å². The number of hydrogen-bond donors (Lipinski definition) is 0. The van der Waals surface area contributed by atoms with E-state index in [9.17, 15) is 0 Å². The van der Waals surface area contributed by atoms with Gasteiger partial charge in [0.15, 0.2) is 0 Å². The quantitative estimate of drug-likeness (QED) is 0.385. The van der Waals surface area contributed by atoms with Crippen molar-refractivity contribution in [2.45, 2.75) is 31.2 Å². The third-order valence-electron chi connectivity index (χ3n) is 2.91. The number of benzene rings is 1. The maximum absolute atomic E-state index is 8.45. The summed E-state index contributed by atoms with van der Waals surface area (Å²) in [4.78, 5) is 2.92. The lowest BCUT2D eigenvalue weighted by Crippen LogP contribution is -2.08. The minimum atomic E-state index is 0.169. The molecular weight excluding hydrogens is 174 g/mol. The molecule has 1 aromatic carbocycles. The highest BCUT2D eigenvalue weighted by Crippen LogP contribution is 2.36. The van der Waals surface area contributed by atoms with Gasteiger partial charge < -0.3 is 0 Å². The fourth-order valence-corrected chi connectivity index (χ4v) is 2.23. The fraction of sp³-hybridized carbons (Fsp3) is 0.455. The van der Waals surface area contributed by atoms with E-state index in [4.69, 9.17) is 5.53 Å². The molecule has 0 aromatic heterocycles. The van der Waals surface area contributed by atoms with E-state index in [0.717, 1.165) is 12.8 Å². The summed E-state index contributed by atoms with van der Waals surface area (Å²) in [5.41, 5.74) is 9.76. The summed E-state index contributed by atoms with van der Waals surface area (Å²) in [5.74, 6) is 0.437. The van der Waals surface area contributed by atoms with Gasteiger partial charge in [0.25, 0.3) is 0 Å². The van der Waals surface area contributed by atoms with Gasteiger partial charge in [0.05, 0.1) is 0 Å². The van der Waals surface area contributed by atoms with E-state index >= 15 is 0 Å². The summed E-state index contributed by atoms with van der Waals surface area (Å²) in [6.07, 6.45) is 3.35. The Labute approximate surface area is 83.4 Å². The lowest BCUT2D eigenvalue weighted by Gasteiger charge is -2.14. The van der Waals surface area contributed by atoms with Crippen molar-refractivity contribution in [3.8, 4) is 0 Å². The molecule has 0 radical (unpaired) electrons. The third-order valence-corrected chi connectivity index (χ3v) is 2.91. The van der Waals surface area contributed by atoms with Crippen molar-refractivity contribution in [3.05, 3.63) is 46.3 Å². The van der Waals surface area contributed by atoms with Crippen molar-refractivity contribution in [3.63, 3.8) is 0 Å². The van der Waals surface area contributed by atoms with Gasteiger partial charge in [-0.1, -0.05) is 41.9 Å². The van der Waals surface area contributed by atoms with E-state index in [1.54, 1.807) is 0 Å². The van der Waals surface area contributed by atoms with Crippen LogP contribution in [0.3, 0.4) is 0 Å². The molecule has 14 heavy (non-hydrogen) atoms. The lowest BCUT2D eigenvalue weighted by molar-refractivity contribution is 0.610. The second kappa shape index (κ2) is 4.16. The number of hydrogen-bond acceptors (Lipinski definition) is 1. The van der Waals surface area contributed by atoms with E-state index in [1.807, 2.05) is 18.2 Å². The Balaban J connectivity index is 2.21. The molecule has 0 unspecified atom stereocenters. The topological polar surface area (TPSA) is 48.8 Å². The van der Waals surface area contributed by atoms with Crippen LogP contribution in [0.15, 0.2) is 35.4 Å². The summed E-state index contributed by atoms with van der Waals surface area (Å²) in [7, 11) is 0. The van der Waals surface area contributed by atoms with Gasteiger partial charge in [-0.15, -0.1) is 0 Å². The Hall–Kier alpha value is -1.47. The number of nitrogens with zero attached hydrogens (tertiary/aromatic N) is 3. The van der Waals surface area contributed by atoms with Crippen molar-refractivity contribution >= 4 is 0 Å². The first kappa shape index (κ1) is 9.10. The van der Waals surface area contributed by atoms with E-state index in [1.165, 1.54) is 12.0 Å². The minimum absolute atomic E-state index is 0.169. The molecule has 0 heterocycles. The van der Waals surface area contributed by atoms with Crippen LogP contribution in [0, 0.1) is 0 Å². The number of azide groups is 1. The van der Waals surface area contributed by atoms with Crippen LogP contribution in [-0.2, 0) is 0 Å². The molecule has 2 atom stereocenters. The second-order valence-corrected chi connectivity index (χ2v) is 3.72. The molecule has 72 valence electrons. The monoisotopic (exact) mass is 187 g/mol. The van der Waals surface area contributed by atoms with E-state index in [2.05, 4.69) is 22.2 Å². The second-order valence-electron chi connectivity index (χ2n) is 3.72. The molecule has 3 nitrogen and oxygen atoms in total. The molecule has 1 aliphatic carbocycles. The van der Waals surface area contributed by atoms with Crippen molar-refractivity contribution in [2.75, 3.05) is 0 Å². The molecular formula is C11H13N3. The predicted octanol–water partition coefficient (Wildman–Crippen LogP) is 3.63. The van der Waals surface area contributed by atoms with Crippen LogP contribution in [0.4, 0.5) is 0 Å². The van der Waals surface area contributed by atoms with Crippen LogP contribution in [0.25, 0.3) is 10.4 Å². The summed E-state index contributed by atoms with van der Waals surface area (Å²) < 4.78 is 0. The van der Waals surface area contributed by atoms with Crippen LogP contribution in [0.2, 0.25) is 0 Å². The highest BCUT2D eigenvalue weighted by molar-refractivity contribution is 5.22. The minimum Gasteiger partial charge on any atom is -0.0900 e. The van der Waals surface area contributed by atoms with Gasteiger partial charge in [-0.3, -0.25) is 0 Å². The van der Waals surface area contributed by atoms with Gasteiger partial charge in [-0.25, -0.2) is 0 Å². The Kier molecular flexibility index (Phi) is 2.70. The van der Waals surface area contributed by atoms with Gasteiger partial charge in [-0.2, -0.15) is 0 Å². The summed E-state index contributed by atoms with van der Waals surface area (Å²) in [6, 6.07) is 10.5. The maximum Gasteiger partial charge on any atom is 0.0442 e. The smallest absolute Gasteiger partial charge is 0.0442 e.